The van der Waals surface area contributed by atoms with Crippen molar-refractivity contribution < 1.29 is 22.7 Å². The molecule has 0 aliphatic rings. The Morgan fingerprint density at radius 1 is 1.10 bits per heavy atom. The Morgan fingerprint density at radius 2 is 1.72 bits per heavy atom. The first-order valence-electron chi connectivity index (χ1n) is 8.73. The molecule has 0 aliphatic heterocycles. The van der Waals surface area contributed by atoms with Crippen molar-refractivity contribution in [2.75, 3.05) is 45.4 Å². The fourth-order valence-electron chi connectivity index (χ4n) is 2.65. The highest BCUT2D eigenvalue weighted by Gasteiger charge is 2.18. The second-order valence-corrected chi connectivity index (χ2v) is 7.86. The first-order chi connectivity index (χ1) is 13.7. The molecule has 1 amide bonds. The fourth-order valence-corrected chi connectivity index (χ4v) is 3.25. The first kappa shape index (κ1) is 22.7. The summed E-state index contributed by atoms with van der Waals surface area (Å²) in [4.78, 5) is 22.5. The summed E-state index contributed by atoms with van der Waals surface area (Å²) in [5.41, 5.74) is 6.64. The van der Waals surface area contributed by atoms with Crippen molar-refractivity contribution in [2.24, 2.45) is 10.9 Å². The SMILES string of the molecule is COCCN(CCOC)c1cc(C(N)=O)nc(-c2ccc(S(N)(=O)=O)cc2C)n1. The van der Waals surface area contributed by atoms with Crippen LogP contribution < -0.4 is 15.8 Å². The number of hydrogen-bond acceptors (Lipinski definition) is 8. The topological polar surface area (TPSA) is 151 Å². The highest BCUT2D eigenvalue weighted by atomic mass is 32.2. The van der Waals surface area contributed by atoms with E-state index in [1.807, 2.05) is 4.90 Å². The van der Waals surface area contributed by atoms with Crippen molar-refractivity contribution in [3.8, 4) is 11.4 Å². The fraction of sp³-hybridized carbons (Fsp3) is 0.389. The number of hydrogen-bond donors (Lipinski definition) is 2. The quantitative estimate of drug-likeness (QED) is 0.554. The first-order valence-corrected chi connectivity index (χ1v) is 10.3. The van der Waals surface area contributed by atoms with Gasteiger partial charge in [0.1, 0.15) is 11.5 Å². The molecule has 11 heteroatoms. The van der Waals surface area contributed by atoms with Gasteiger partial charge in [0, 0.05) is 38.9 Å². The lowest BCUT2D eigenvalue weighted by Crippen LogP contribution is -2.32. The summed E-state index contributed by atoms with van der Waals surface area (Å²) >= 11 is 0. The van der Waals surface area contributed by atoms with Gasteiger partial charge in [-0.1, -0.05) is 0 Å². The van der Waals surface area contributed by atoms with Crippen LogP contribution in [0.2, 0.25) is 0 Å². The van der Waals surface area contributed by atoms with Gasteiger partial charge < -0.3 is 20.1 Å². The Morgan fingerprint density at radius 3 is 2.21 bits per heavy atom. The van der Waals surface area contributed by atoms with Crippen LogP contribution in [0.4, 0.5) is 5.82 Å². The molecule has 0 atom stereocenters. The molecule has 0 bridgehead atoms. The van der Waals surface area contributed by atoms with Crippen molar-refractivity contribution in [3.63, 3.8) is 0 Å². The van der Waals surface area contributed by atoms with Gasteiger partial charge in [-0.05, 0) is 30.7 Å². The molecule has 4 N–H and O–H groups in total. The maximum Gasteiger partial charge on any atom is 0.267 e. The van der Waals surface area contributed by atoms with E-state index in [0.717, 1.165) is 0 Å². The number of aromatic nitrogens is 2. The molecule has 158 valence electrons. The number of carbonyl (C=O) groups is 1. The zero-order valence-electron chi connectivity index (χ0n) is 16.6. The molecule has 0 spiro atoms. The van der Waals surface area contributed by atoms with Gasteiger partial charge in [0.25, 0.3) is 5.91 Å². The molecule has 0 fully saturated rings. The number of nitrogens with zero attached hydrogens (tertiary/aromatic N) is 3. The van der Waals surface area contributed by atoms with Crippen LogP contribution in [0.5, 0.6) is 0 Å². The smallest absolute Gasteiger partial charge is 0.267 e. The predicted molar refractivity (Wildman–Crippen MR) is 108 cm³/mol. The van der Waals surface area contributed by atoms with E-state index in [1.165, 1.54) is 18.2 Å². The number of ether oxygens (including phenoxy) is 2. The van der Waals surface area contributed by atoms with E-state index in [9.17, 15) is 13.2 Å². The molecule has 1 aromatic heterocycles. The monoisotopic (exact) mass is 423 g/mol. The number of primary amides is 1. The summed E-state index contributed by atoms with van der Waals surface area (Å²) < 4.78 is 33.4. The maximum atomic E-state index is 11.8. The largest absolute Gasteiger partial charge is 0.383 e. The van der Waals surface area contributed by atoms with E-state index in [4.69, 9.17) is 20.3 Å². The molecule has 29 heavy (non-hydrogen) atoms. The van der Waals surface area contributed by atoms with E-state index in [0.29, 0.717) is 43.2 Å². The van der Waals surface area contributed by atoms with Crippen molar-refractivity contribution in [1.29, 1.82) is 0 Å². The number of benzene rings is 1. The van der Waals surface area contributed by atoms with E-state index in [-0.39, 0.29) is 16.4 Å². The molecular weight excluding hydrogens is 398 g/mol. The van der Waals surface area contributed by atoms with Crippen molar-refractivity contribution in [1.82, 2.24) is 9.97 Å². The summed E-state index contributed by atoms with van der Waals surface area (Å²) in [5, 5.41) is 5.18. The van der Waals surface area contributed by atoms with Gasteiger partial charge in [-0.3, -0.25) is 4.79 Å². The van der Waals surface area contributed by atoms with Crippen LogP contribution in [-0.2, 0) is 19.5 Å². The van der Waals surface area contributed by atoms with Crippen molar-refractivity contribution >= 4 is 21.7 Å². The van der Waals surface area contributed by atoms with Crippen LogP contribution in [0.15, 0.2) is 29.2 Å². The Hall–Kier alpha value is -2.60. The van der Waals surface area contributed by atoms with E-state index >= 15 is 0 Å². The summed E-state index contributed by atoms with van der Waals surface area (Å²) in [6.07, 6.45) is 0. The molecule has 1 aromatic carbocycles. The lowest BCUT2D eigenvalue weighted by molar-refractivity contribution is 0.0995. The van der Waals surface area contributed by atoms with Gasteiger partial charge in [-0.25, -0.2) is 23.5 Å². The second-order valence-electron chi connectivity index (χ2n) is 6.29. The van der Waals surface area contributed by atoms with E-state index < -0.39 is 15.9 Å². The third-order valence-corrected chi connectivity index (χ3v) is 5.10. The molecule has 0 saturated carbocycles. The predicted octanol–water partition coefficient (Wildman–Crippen LogP) is 0.298. The Balaban J connectivity index is 2.56. The number of methoxy groups -OCH3 is 2. The Labute approximate surface area is 169 Å². The summed E-state index contributed by atoms with van der Waals surface area (Å²) in [7, 11) is -0.662. The number of amides is 1. The number of primary sulfonamides is 1. The number of carbonyl (C=O) groups excluding carboxylic acids is 1. The van der Waals surface area contributed by atoms with Crippen LogP contribution in [0, 0.1) is 6.92 Å². The molecule has 1 heterocycles. The zero-order chi connectivity index (χ0) is 21.6. The standard InChI is InChI=1S/C18H25N5O5S/c1-12-10-13(29(20,25)26)4-5-14(12)18-21-15(17(19)24)11-16(22-18)23(6-8-27-2)7-9-28-3/h4-5,10-11H,6-9H2,1-3H3,(H2,19,24)(H2,20,25,26). The second kappa shape index (κ2) is 9.74. The molecular formula is C18H25N5O5S. The van der Waals surface area contributed by atoms with Crippen molar-refractivity contribution in [3.05, 3.63) is 35.5 Å². The van der Waals surface area contributed by atoms with Crippen molar-refractivity contribution in [2.45, 2.75) is 11.8 Å². The lowest BCUT2D eigenvalue weighted by Gasteiger charge is -2.24. The van der Waals surface area contributed by atoms with Gasteiger partial charge >= 0.3 is 0 Å². The maximum absolute atomic E-state index is 11.8. The average molecular weight is 423 g/mol. The van der Waals surface area contributed by atoms with Crippen LogP contribution >= 0.6 is 0 Å². The number of sulfonamides is 1. The minimum atomic E-state index is -3.84. The van der Waals surface area contributed by atoms with E-state index in [1.54, 1.807) is 27.2 Å². The number of aryl methyl sites for hydroxylation is 1. The minimum Gasteiger partial charge on any atom is -0.383 e. The van der Waals surface area contributed by atoms with Crippen LogP contribution in [0.3, 0.4) is 0 Å². The third-order valence-electron chi connectivity index (χ3n) is 4.19. The molecule has 0 unspecified atom stereocenters. The minimum absolute atomic E-state index is 0.0214. The number of rotatable bonds is 10. The molecule has 0 aliphatic carbocycles. The van der Waals surface area contributed by atoms with Gasteiger partial charge in [-0.2, -0.15) is 0 Å². The normalized spacial score (nSPS) is 11.4. The molecule has 2 rings (SSSR count). The lowest BCUT2D eigenvalue weighted by atomic mass is 10.1. The van der Waals surface area contributed by atoms with Gasteiger partial charge in [0.15, 0.2) is 5.82 Å². The highest BCUT2D eigenvalue weighted by Crippen LogP contribution is 2.25. The van der Waals surface area contributed by atoms with Gasteiger partial charge in [-0.15, -0.1) is 0 Å². The Bertz CT molecular complexity index is 973. The van der Waals surface area contributed by atoms with E-state index in [2.05, 4.69) is 9.97 Å². The van der Waals surface area contributed by atoms with Crippen LogP contribution in [0.1, 0.15) is 16.1 Å². The number of nitrogens with two attached hydrogens (primary N) is 2. The van der Waals surface area contributed by atoms with Crippen LogP contribution in [-0.4, -0.2) is 64.8 Å². The zero-order valence-corrected chi connectivity index (χ0v) is 17.4. The summed E-state index contributed by atoms with van der Waals surface area (Å²) in [6.45, 7) is 3.61. The van der Waals surface area contributed by atoms with Gasteiger partial charge in [0.2, 0.25) is 10.0 Å². The molecule has 10 nitrogen and oxygen atoms in total. The summed E-state index contributed by atoms with van der Waals surface area (Å²) in [5.74, 6) is 0.0227. The molecule has 0 saturated heterocycles. The summed E-state index contributed by atoms with van der Waals surface area (Å²) in [6, 6.07) is 5.85. The Kier molecular flexibility index (Phi) is 7.62. The van der Waals surface area contributed by atoms with Crippen LogP contribution in [0.25, 0.3) is 11.4 Å². The third kappa shape index (κ3) is 5.94. The highest BCUT2D eigenvalue weighted by molar-refractivity contribution is 7.89. The average Bonchev–Trinajstić information content (AvgIpc) is 2.67. The number of anilines is 1. The molecule has 2 aromatic rings. The van der Waals surface area contributed by atoms with Gasteiger partial charge in [0.05, 0.1) is 18.1 Å². The molecule has 0 radical (unpaired) electrons.